The van der Waals surface area contributed by atoms with E-state index in [1.165, 1.54) is 0 Å². The third-order valence-corrected chi connectivity index (χ3v) is 2.98. The number of aryl methyl sites for hydroxylation is 1. The minimum absolute atomic E-state index is 0.254. The van der Waals surface area contributed by atoms with Gasteiger partial charge in [0.25, 0.3) is 5.91 Å². The zero-order valence-corrected chi connectivity index (χ0v) is 12.0. The lowest BCUT2D eigenvalue weighted by molar-refractivity contribution is 0.102. The number of carbonyl (C=O) groups is 1. The molecule has 0 bridgehead atoms. The fourth-order valence-electron chi connectivity index (χ4n) is 1.76. The number of halogens is 1. The second-order valence-electron chi connectivity index (χ2n) is 4.41. The van der Waals surface area contributed by atoms with Gasteiger partial charge >= 0.3 is 0 Å². The summed E-state index contributed by atoms with van der Waals surface area (Å²) in [7, 11) is 0. The highest BCUT2D eigenvalue weighted by Crippen LogP contribution is 2.10. The highest BCUT2D eigenvalue weighted by Gasteiger charge is 2.09. The van der Waals surface area contributed by atoms with Gasteiger partial charge in [-0.2, -0.15) is 10.4 Å². The Bertz CT molecular complexity index is 661. The van der Waals surface area contributed by atoms with Crippen LogP contribution in [0.2, 0.25) is 5.15 Å². The van der Waals surface area contributed by atoms with Gasteiger partial charge in [0.1, 0.15) is 10.8 Å². The average molecular weight is 304 g/mol. The zero-order chi connectivity index (χ0) is 15.1. The third-order valence-electron chi connectivity index (χ3n) is 2.76. The van der Waals surface area contributed by atoms with Gasteiger partial charge in [-0.05, 0) is 25.0 Å². The summed E-state index contributed by atoms with van der Waals surface area (Å²) >= 11 is 5.75. The van der Waals surface area contributed by atoms with Crippen molar-refractivity contribution >= 4 is 23.2 Å². The molecule has 1 N–H and O–H groups in total. The van der Waals surface area contributed by atoms with Crippen LogP contribution in [-0.4, -0.2) is 20.7 Å². The van der Waals surface area contributed by atoms with Crippen LogP contribution in [0.4, 0.5) is 5.69 Å². The standard InChI is InChI=1S/C14H14ClN5O/c15-13-6-4-5-12(19-13)14(21)18-11-9-17-20(10-11)8-3-1-2-7-16/h4-6,9-10H,1-3,8H2,(H,18,21). The lowest BCUT2D eigenvalue weighted by Crippen LogP contribution is -2.13. The average Bonchev–Trinajstić information content (AvgIpc) is 2.91. The predicted octanol–water partition coefficient (Wildman–Crippen LogP) is 2.88. The first kappa shape index (κ1) is 15.0. The Morgan fingerprint density at radius 3 is 3.05 bits per heavy atom. The number of hydrogen-bond acceptors (Lipinski definition) is 4. The molecule has 0 aliphatic carbocycles. The number of unbranched alkanes of at least 4 members (excludes halogenated alkanes) is 2. The van der Waals surface area contributed by atoms with E-state index in [0.29, 0.717) is 18.7 Å². The summed E-state index contributed by atoms with van der Waals surface area (Å²) in [6.45, 7) is 0.715. The number of pyridine rings is 1. The number of carbonyl (C=O) groups excluding carboxylic acids is 1. The molecule has 0 radical (unpaired) electrons. The molecule has 0 fully saturated rings. The molecule has 0 spiro atoms. The first-order valence-electron chi connectivity index (χ1n) is 6.52. The van der Waals surface area contributed by atoms with Gasteiger partial charge < -0.3 is 5.32 Å². The molecule has 0 unspecified atom stereocenters. The van der Waals surface area contributed by atoms with Crippen molar-refractivity contribution < 1.29 is 4.79 Å². The van der Waals surface area contributed by atoms with Crippen LogP contribution in [0, 0.1) is 11.3 Å². The molecule has 2 aromatic heterocycles. The summed E-state index contributed by atoms with van der Waals surface area (Å²) in [5, 5.41) is 15.6. The van der Waals surface area contributed by atoms with Crippen LogP contribution in [-0.2, 0) is 6.54 Å². The van der Waals surface area contributed by atoms with Gasteiger partial charge in [0.2, 0.25) is 0 Å². The molecule has 2 aromatic rings. The highest BCUT2D eigenvalue weighted by atomic mass is 35.5. The van der Waals surface area contributed by atoms with Crippen LogP contribution in [0.25, 0.3) is 0 Å². The molecule has 1 amide bonds. The first-order chi connectivity index (χ1) is 10.2. The summed E-state index contributed by atoms with van der Waals surface area (Å²) in [6.07, 6.45) is 5.58. The van der Waals surface area contributed by atoms with Crippen LogP contribution in [0.5, 0.6) is 0 Å². The molecule has 7 heteroatoms. The molecule has 108 valence electrons. The first-order valence-corrected chi connectivity index (χ1v) is 6.90. The van der Waals surface area contributed by atoms with Crippen molar-refractivity contribution in [1.82, 2.24) is 14.8 Å². The van der Waals surface area contributed by atoms with E-state index in [1.807, 2.05) is 0 Å². The maximum atomic E-state index is 12.0. The van der Waals surface area contributed by atoms with Crippen molar-refractivity contribution in [2.24, 2.45) is 0 Å². The Kier molecular flexibility index (Phi) is 5.29. The van der Waals surface area contributed by atoms with Gasteiger partial charge in [-0.1, -0.05) is 17.7 Å². The van der Waals surface area contributed by atoms with Crippen LogP contribution in [0.1, 0.15) is 29.8 Å². The number of nitrogens with zero attached hydrogens (tertiary/aromatic N) is 4. The summed E-state index contributed by atoms with van der Waals surface area (Å²) in [4.78, 5) is 15.9. The van der Waals surface area contributed by atoms with Crippen molar-refractivity contribution in [2.75, 3.05) is 5.32 Å². The smallest absolute Gasteiger partial charge is 0.274 e. The number of rotatable bonds is 6. The van der Waals surface area contributed by atoms with E-state index in [2.05, 4.69) is 21.5 Å². The Balaban J connectivity index is 1.90. The van der Waals surface area contributed by atoms with E-state index in [4.69, 9.17) is 16.9 Å². The Morgan fingerprint density at radius 1 is 1.43 bits per heavy atom. The summed E-state index contributed by atoms with van der Waals surface area (Å²) in [6, 6.07) is 6.97. The molecule has 0 saturated carbocycles. The number of nitrogens with one attached hydrogen (secondary N) is 1. The molecule has 0 atom stereocenters. The fourth-order valence-corrected chi connectivity index (χ4v) is 1.92. The summed E-state index contributed by atoms with van der Waals surface area (Å²) < 4.78 is 1.73. The van der Waals surface area contributed by atoms with E-state index < -0.39 is 0 Å². The maximum Gasteiger partial charge on any atom is 0.274 e. The predicted molar refractivity (Wildman–Crippen MR) is 78.9 cm³/mol. The number of hydrogen-bond donors (Lipinski definition) is 1. The van der Waals surface area contributed by atoms with Gasteiger partial charge in [0, 0.05) is 19.2 Å². The lowest BCUT2D eigenvalue weighted by atomic mass is 10.2. The molecule has 6 nitrogen and oxygen atoms in total. The topological polar surface area (TPSA) is 83.6 Å². The minimum Gasteiger partial charge on any atom is -0.318 e. The SMILES string of the molecule is N#CCCCCn1cc(NC(=O)c2cccc(Cl)n2)cn1. The second kappa shape index (κ2) is 7.41. The van der Waals surface area contributed by atoms with Crippen molar-refractivity contribution in [3.8, 4) is 6.07 Å². The number of amides is 1. The number of aromatic nitrogens is 3. The van der Waals surface area contributed by atoms with E-state index in [-0.39, 0.29) is 16.8 Å². The second-order valence-corrected chi connectivity index (χ2v) is 4.79. The normalized spacial score (nSPS) is 10.1. The van der Waals surface area contributed by atoms with Crippen molar-refractivity contribution in [3.05, 3.63) is 41.4 Å². The van der Waals surface area contributed by atoms with Crippen LogP contribution >= 0.6 is 11.6 Å². The molecular weight excluding hydrogens is 290 g/mol. The molecule has 0 aliphatic heterocycles. The zero-order valence-electron chi connectivity index (χ0n) is 11.3. The van der Waals surface area contributed by atoms with Gasteiger partial charge in [-0.15, -0.1) is 0 Å². The minimum atomic E-state index is -0.332. The summed E-state index contributed by atoms with van der Waals surface area (Å²) in [5.74, 6) is -0.332. The lowest BCUT2D eigenvalue weighted by Gasteiger charge is -2.02. The maximum absolute atomic E-state index is 12.0. The highest BCUT2D eigenvalue weighted by molar-refractivity contribution is 6.29. The van der Waals surface area contributed by atoms with Gasteiger partial charge in [0.05, 0.1) is 18.0 Å². The Morgan fingerprint density at radius 2 is 2.29 bits per heavy atom. The van der Waals surface area contributed by atoms with Crippen molar-refractivity contribution in [3.63, 3.8) is 0 Å². The molecule has 0 aromatic carbocycles. The van der Waals surface area contributed by atoms with E-state index in [1.54, 1.807) is 35.3 Å². The van der Waals surface area contributed by atoms with E-state index in [9.17, 15) is 4.79 Å². The van der Waals surface area contributed by atoms with Crippen LogP contribution in [0.15, 0.2) is 30.6 Å². The number of nitriles is 1. The van der Waals surface area contributed by atoms with Crippen LogP contribution < -0.4 is 5.32 Å². The number of anilines is 1. The molecule has 0 saturated heterocycles. The summed E-state index contributed by atoms with van der Waals surface area (Å²) in [5.41, 5.74) is 0.853. The Labute approximate surface area is 127 Å². The van der Waals surface area contributed by atoms with Gasteiger partial charge in [-0.25, -0.2) is 4.98 Å². The molecule has 2 heterocycles. The van der Waals surface area contributed by atoms with Crippen molar-refractivity contribution in [2.45, 2.75) is 25.8 Å². The monoisotopic (exact) mass is 303 g/mol. The van der Waals surface area contributed by atoms with Gasteiger partial charge in [0.15, 0.2) is 0 Å². The molecular formula is C14H14ClN5O. The fraction of sp³-hybridized carbons (Fsp3) is 0.286. The van der Waals surface area contributed by atoms with Crippen molar-refractivity contribution in [1.29, 1.82) is 5.26 Å². The largest absolute Gasteiger partial charge is 0.318 e. The third kappa shape index (κ3) is 4.58. The molecule has 2 rings (SSSR count). The molecule has 21 heavy (non-hydrogen) atoms. The molecule has 0 aliphatic rings. The van der Waals surface area contributed by atoms with E-state index >= 15 is 0 Å². The van der Waals surface area contributed by atoms with Gasteiger partial charge in [-0.3, -0.25) is 9.48 Å². The Hall–Kier alpha value is -2.39. The van der Waals surface area contributed by atoms with E-state index in [0.717, 1.165) is 12.8 Å². The van der Waals surface area contributed by atoms with Crippen LogP contribution in [0.3, 0.4) is 0 Å². The quantitative estimate of drug-likeness (QED) is 0.657.